The zero-order chi connectivity index (χ0) is 15.9. The Labute approximate surface area is 136 Å². The molecule has 0 spiro atoms. The maximum Gasteiger partial charge on any atom is 0.293 e. The lowest BCUT2D eigenvalue weighted by Gasteiger charge is -2.52. The molecular weight excluding hydrogens is 289 g/mol. The van der Waals surface area contributed by atoms with Crippen molar-refractivity contribution < 1.29 is 4.79 Å². The number of aromatic amines is 1. The van der Waals surface area contributed by atoms with Crippen molar-refractivity contribution in [2.45, 2.75) is 19.8 Å². The van der Waals surface area contributed by atoms with Crippen molar-refractivity contribution in [3.8, 4) is 0 Å². The summed E-state index contributed by atoms with van der Waals surface area (Å²) in [5.74, 6) is 1.74. The first-order valence-electron chi connectivity index (χ1n) is 8.25. The average Bonchev–Trinajstić information content (AvgIpc) is 3.02. The van der Waals surface area contributed by atoms with Gasteiger partial charge in [-0.15, -0.1) is 0 Å². The van der Waals surface area contributed by atoms with E-state index < -0.39 is 0 Å². The van der Waals surface area contributed by atoms with Crippen molar-refractivity contribution in [1.82, 2.24) is 19.8 Å². The van der Waals surface area contributed by atoms with E-state index in [2.05, 4.69) is 31.6 Å². The van der Waals surface area contributed by atoms with Gasteiger partial charge in [0.1, 0.15) is 17.8 Å². The highest BCUT2D eigenvalue weighted by molar-refractivity contribution is 6.64. The minimum absolute atomic E-state index is 0.184. The molecule has 2 saturated heterocycles. The molecule has 2 fully saturated rings. The number of piperidine rings is 2. The molecule has 2 atom stereocenters. The quantitative estimate of drug-likeness (QED) is 0.684. The Balaban J connectivity index is 1.61. The zero-order valence-electron chi connectivity index (χ0n) is 13.4. The molecule has 1 N–H and O–H groups in total. The summed E-state index contributed by atoms with van der Waals surface area (Å²) in [6.07, 6.45) is 6.80. The van der Waals surface area contributed by atoms with Gasteiger partial charge >= 0.3 is 0 Å². The first kappa shape index (κ1) is 14.7. The van der Waals surface area contributed by atoms with Crippen LogP contribution in [0, 0.1) is 11.3 Å². The van der Waals surface area contributed by atoms with Crippen molar-refractivity contribution >= 4 is 30.5 Å². The maximum atomic E-state index is 10.8. The number of carbonyl (C=O) groups excluding carboxylic acids is 1. The lowest BCUT2D eigenvalue weighted by atomic mass is 9.66. The van der Waals surface area contributed by atoms with Crippen LogP contribution in [0.25, 0.3) is 11.0 Å². The molecule has 6 nitrogen and oxygen atoms in total. The standard InChI is InChI=1S/C16H21BN5O/c1-16-8-21(15-13-2-5-18-14(13)19-11-20-15)6-3-12(16)4-7-22(9-16)17-10-23/h2,5,10-12H,3-4,6-9H2,1H3,(H,18,19,20)/t12-,16+/m1/s1. The molecule has 0 unspecified atom stereocenters. The van der Waals surface area contributed by atoms with Crippen molar-refractivity contribution in [2.24, 2.45) is 11.3 Å². The summed E-state index contributed by atoms with van der Waals surface area (Å²) in [5.41, 5.74) is 1.07. The Morgan fingerprint density at radius 3 is 3.09 bits per heavy atom. The van der Waals surface area contributed by atoms with Crippen LogP contribution < -0.4 is 4.90 Å². The van der Waals surface area contributed by atoms with Crippen LogP contribution in [0.15, 0.2) is 18.6 Å². The molecule has 0 bridgehead atoms. The van der Waals surface area contributed by atoms with Gasteiger partial charge in [0.2, 0.25) is 0 Å². The average molecular weight is 310 g/mol. The SMILES string of the molecule is C[C@]12CN([B]C=O)CC[C@H]1CCN(c1ncnc3[nH]ccc13)C2. The highest BCUT2D eigenvalue weighted by Gasteiger charge is 2.43. The number of carbonyl (C=O) groups is 1. The van der Waals surface area contributed by atoms with Gasteiger partial charge in [-0.25, -0.2) is 9.97 Å². The molecule has 2 aromatic rings. The van der Waals surface area contributed by atoms with Crippen molar-refractivity contribution in [1.29, 1.82) is 0 Å². The molecule has 2 aromatic heterocycles. The lowest BCUT2D eigenvalue weighted by molar-refractivity contribution is 0.0677. The lowest BCUT2D eigenvalue weighted by Crippen LogP contribution is -2.57. The summed E-state index contributed by atoms with van der Waals surface area (Å²) >= 11 is 0. The van der Waals surface area contributed by atoms with Crippen molar-refractivity contribution in [3.63, 3.8) is 0 Å². The van der Waals surface area contributed by atoms with E-state index in [1.165, 1.54) is 6.42 Å². The van der Waals surface area contributed by atoms with Gasteiger partial charge in [0.15, 0.2) is 0 Å². The van der Waals surface area contributed by atoms with E-state index >= 15 is 0 Å². The molecule has 0 amide bonds. The minimum atomic E-state index is 0.184. The van der Waals surface area contributed by atoms with Gasteiger partial charge in [-0.05, 0) is 43.3 Å². The van der Waals surface area contributed by atoms with Gasteiger partial charge in [-0.1, -0.05) is 6.92 Å². The first-order chi connectivity index (χ1) is 11.2. The highest BCUT2D eigenvalue weighted by atomic mass is 16.1. The van der Waals surface area contributed by atoms with E-state index in [1.807, 2.05) is 12.3 Å². The Morgan fingerprint density at radius 1 is 1.35 bits per heavy atom. The Hall–Kier alpha value is -1.89. The van der Waals surface area contributed by atoms with Crippen LogP contribution in [-0.4, -0.2) is 59.5 Å². The van der Waals surface area contributed by atoms with E-state index in [1.54, 1.807) is 13.7 Å². The Bertz CT molecular complexity index is 719. The number of hydrogen-bond donors (Lipinski definition) is 1. The number of anilines is 1. The van der Waals surface area contributed by atoms with Gasteiger partial charge in [0.25, 0.3) is 7.41 Å². The van der Waals surface area contributed by atoms with Crippen LogP contribution in [0.1, 0.15) is 19.8 Å². The van der Waals surface area contributed by atoms with E-state index in [9.17, 15) is 4.79 Å². The molecule has 0 aromatic carbocycles. The molecule has 23 heavy (non-hydrogen) atoms. The monoisotopic (exact) mass is 310 g/mol. The van der Waals surface area contributed by atoms with E-state index in [-0.39, 0.29) is 5.41 Å². The van der Waals surface area contributed by atoms with Crippen molar-refractivity contribution in [2.75, 3.05) is 31.1 Å². The predicted octanol–water partition coefficient (Wildman–Crippen LogP) is 1.31. The molecular formula is C16H21BN5O. The second-order valence-electron chi connectivity index (χ2n) is 7.04. The van der Waals surface area contributed by atoms with Crippen LogP contribution in [-0.2, 0) is 4.79 Å². The number of nitrogens with one attached hydrogen (secondary N) is 1. The fourth-order valence-electron chi connectivity index (χ4n) is 4.35. The fourth-order valence-corrected chi connectivity index (χ4v) is 4.35. The Morgan fingerprint density at radius 2 is 2.22 bits per heavy atom. The van der Waals surface area contributed by atoms with Gasteiger partial charge in [-0.2, -0.15) is 0 Å². The molecule has 4 heterocycles. The number of rotatable bonds is 3. The van der Waals surface area contributed by atoms with Crippen molar-refractivity contribution in [3.05, 3.63) is 18.6 Å². The van der Waals surface area contributed by atoms with Gasteiger partial charge in [0, 0.05) is 19.3 Å². The number of aromatic nitrogens is 3. The van der Waals surface area contributed by atoms with E-state index in [0.29, 0.717) is 0 Å². The molecule has 1 radical (unpaired) electrons. The van der Waals surface area contributed by atoms with Gasteiger partial charge < -0.3 is 19.5 Å². The molecule has 119 valence electrons. The van der Waals surface area contributed by atoms with E-state index in [0.717, 1.165) is 61.6 Å². The van der Waals surface area contributed by atoms with E-state index in [4.69, 9.17) is 0 Å². The van der Waals surface area contributed by atoms with Gasteiger partial charge in [-0.3, -0.25) is 0 Å². The molecule has 2 aliphatic rings. The summed E-state index contributed by atoms with van der Waals surface area (Å²) in [5, 5.41) is 1.08. The number of hydrogen-bond acceptors (Lipinski definition) is 5. The molecule has 0 aliphatic carbocycles. The molecule has 2 aliphatic heterocycles. The second-order valence-corrected chi connectivity index (χ2v) is 7.04. The molecule has 7 heteroatoms. The van der Waals surface area contributed by atoms with Crippen LogP contribution in [0.4, 0.5) is 5.82 Å². The van der Waals surface area contributed by atoms with Crippen LogP contribution in [0.5, 0.6) is 0 Å². The maximum absolute atomic E-state index is 10.8. The smallest absolute Gasteiger partial charge is 0.293 e. The summed E-state index contributed by atoms with van der Waals surface area (Å²) in [4.78, 5) is 27.4. The normalized spacial score (nSPS) is 28.6. The third-order valence-corrected chi connectivity index (χ3v) is 5.52. The molecule has 4 rings (SSSR count). The summed E-state index contributed by atoms with van der Waals surface area (Å²) in [6.45, 7) is 6.29. The number of nitrogens with zero attached hydrogens (tertiary/aromatic N) is 4. The fraction of sp³-hybridized carbons (Fsp3) is 0.562. The molecule has 0 saturated carbocycles. The second kappa shape index (κ2) is 5.63. The highest BCUT2D eigenvalue weighted by Crippen LogP contribution is 2.42. The topological polar surface area (TPSA) is 65.1 Å². The zero-order valence-corrected chi connectivity index (χ0v) is 13.4. The number of fused-ring (bicyclic) bond motifs is 2. The van der Waals surface area contributed by atoms with Crippen LogP contribution in [0.3, 0.4) is 0 Å². The van der Waals surface area contributed by atoms with Crippen LogP contribution in [0.2, 0.25) is 0 Å². The Kier molecular flexibility index (Phi) is 3.60. The third kappa shape index (κ3) is 2.53. The summed E-state index contributed by atoms with van der Waals surface area (Å²) in [6, 6.07) is 2.05. The van der Waals surface area contributed by atoms with Gasteiger partial charge in [0.05, 0.1) is 11.6 Å². The summed E-state index contributed by atoms with van der Waals surface area (Å²) < 4.78 is 0. The predicted molar refractivity (Wildman–Crippen MR) is 91.0 cm³/mol. The minimum Gasteiger partial charge on any atom is -0.355 e. The number of H-pyrrole nitrogens is 1. The first-order valence-corrected chi connectivity index (χ1v) is 8.25. The summed E-state index contributed by atoms with van der Waals surface area (Å²) in [7, 11) is 1.69. The third-order valence-electron chi connectivity index (χ3n) is 5.52. The largest absolute Gasteiger partial charge is 0.355 e. The van der Waals surface area contributed by atoms with Crippen LogP contribution >= 0.6 is 0 Å².